The Morgan fingerprint density at radius 3 is 2.67 bits per heavy atom. The van der Waals surface area contributed by atoms with Gasteiger partial charge in [0.2, 0.25) is 11.8 Å². The van der Waals surface area contributed by atoms with Gasteiger partial charge in [-0.25, -0.2) is 4.79 Å². The molecule has 2 N–H and O–H groups in total. The number of hydrogen-bond donors (Lipinski definition) is 2. The molecule has 7 nitrogen and oxygen atoms in total. The number of hydrogen-bond acceptors (Lipinski definition) is 5. The maximum absolute atomic E-state index is 12.1. The number of nitrogens with one attached hydrogen (secondary N) is 1. The van der Waals surface area contributed by atoms with Gasteiger partial charge in [-0.05, 0) is 43.9 Å². The standard InChI is InChI=1S/C17H21N3O4/c1-10-6-4-7-13(11(10)2)16(17(22)23)19-14(21)8-5-9-15-18-12(3)20-24-15/h4,6-7,16H,5,8-9H2,1-3H3,(H,19,21)(H,22,23). The van der Waals surface area contributed by atoms with Crippen molar-refractivity contribution in [2.45, 2.75) is 46.1 Å². The third-order valence-electron chi connectivity index (χ3n) is 3.87. The van der Waals surface area contributed by atoms with E-state index in [9.17, 15) is 14.7 Å². The Balaban J connectivity index is 1.96. The van der Waals surface area contributed by atoms with Crippen molar-refractivity contribution in [2.75, 3.05) is 0 Å². The Labute approximate surface area is 140 Å². The Kier molecular flexibility index (Phi) is 5.68. The van der Waals surface area contributed by atoms with Crippen LogP contribution in [0.4, 0.5) is 0 Å². The van der Waals surface area contributed by atoms with Crippen LogP contribution in [0.3, 0.4) is 0 Å². The number of carbonyl (C=O) groups is 2. The summed E-state index contributed by atoms with van der Waals surface area (Å²) >= 11 is 0. The summed E-state index contributed by atoms with van der Waals surface area (Å²) in [4.78, 5) is 27.7. The highest BCUT2D eigenvalue weighted by Crippen LogP contribution is 2.21. The molecule has 1 amide bonds. The summed E-state index contributed by atoms with van der Waals surface area (Å²) in [6.45, 7) is 5.48. The number of amides is 1. The van der Waals surface area contributed by atoms with E-state index in [1.807, 2.05) is 19.9 Å². The lowest BCUT2D eigenvalue weighted by molar-refractivity contribution is -0.142. The molecule has 7 heteroatoms. The summed E-state index contributed by atoms with van der Waals surface area (Å²) in [6.07, 6.45) is 1.18. The fourth-order valence-corrected chi connectivity index (χ4v) is 2.43. The molecule has 0 saturated carbocycles. The molecular formula is C17H21N3O4. The highest BCUT2D eigenvalue weighted by Gasteiger charge is 2.23. The van der Waals surface area contributed by atoms with Gasteiger partial charge in [-0.15, -0.1) is 0 Å². The Bertz CT molecular complexity index is 739. The number of rotatable bonds is 7. The molecule has 1 aromatic heterocycles. The number of benzene rings is 1. The van der Waals surface area contributed by atoms with Crippen LogP contribution in [0.15, 0.2) is 22.7 Å². The first kappa shape index (κ1) is 17.7. The molecule has 2 aromatic rings. The van der Waals surface area contributed by atoms with E-state index in [4.69, 9.17) is 4.52 Å². The monoisotopic (exact) mass is 331 g/mol. The van der Waals surface area contributed by atoms with Crippen molar-refractivity contribution in [1.29, 1.82) is 0 Å². The highest BCUT2D eigenvalue weighted by atomic mass is 16.5. The molecule has 0 spiro atoms. The van der Waals surface area contributed by atoms with Gasteiger partial charge in [0.15, 0.2) is 11.9 Å². The maximum Gasteiger partial charge on any atom is 0.330 e. The Morgan fingerprint density at radius 1 is 1.29 bits per heavy atom. The van der Waals surface area contributed by atoms with Crippen molar-refractivity contribution in [3.05, 3.63) is 46.6 Å². The quantitative estimate of drug-likeness (QED) is 0.806. The first-order chi connectivity index (χ1) is 11.4. The predicted molar refractivity (Wildman–Crippen MR) is 86.4 cm³/mol. The second kappa shape index (κ2) is 7.72. The van der Waals surface area contributed by atoms with Crippen LogP contribution in [0, 0.1) is 20.8 Å². The van der Waals surface area contributed by atoms with Gasteiger partial charge in [-0.1, -0.05) is 23.4 Å². The van der Waals surface area contributed by atoms with Gasteiger partial charge in [0, 0.05) is 12.8 Å². The third kappa shape index (κ3) is 4.41. The first-order valence-electron chi connectivity index (χ1n) is 7.76. The molecule has 1 atom stereocenters. The van der Waals surface area contributed by atoms with Gasteiger partial charge in [0.25, 0.3) is 0 Å². The van der Waals surface area contributed by atoms with Crippen LogP contribution in [0.25, 0.3) is 0 Å². The molecule has 128 valence electrons. The second-order valence-corrected chi connectivity index (χ2v) is 5.72. The van der Waals surface area contributed by atoms with Crippen molar-refractivity contribution in [3.63, 3.8) is 0 Å². The maximum atomic E-state index is 12.1. The average Bonchev–Trinajstić information content (AvgIpc) is 2.93. The Hall–Kier alpha value is -2.70. The van der Waals surface area contributed by atoms with Crippen molar-refractivity contribution >= 4 is 11.9 Å². The lowest BCUT2D eigenvalue weighted by atomic mass is 9.97. The van der Waals surface area contributed by atoms with Crippen LogP contribution < -0.4 is 5.32 Å². The molecule has 0 radical (unpaired) electrons. The zero-order valence-corrected chi connectivity index (χ0v) is 14.0. The van der Waals surface area contributed by atoms with Crippen molar-refractivity contribution in [3.8, 4) is 0 Å². The summed E-state index contributed by atoms with van der Waals surface area (Å²) in [5.74, 6) is -0.371. The lowest BCUT2D eigenvalue weighted by Crippen LogP contribution is -2.34. The van der Waals surface area contributed by atoms with E-state index < -0.39 is 12.0 Å². The van der Waals surface area contributed by atoms with Gasteiger partial charge in [0.05, 0.1) is 0 Å². The van der Waals surface area contributed by atoms with Crippen LogP contribution in [0.1, 0.15) is 47.3 Å². The number of carboxylic acid groups (broad SMARTS) is 1. The molecule has 0 bridgehead atoms. The first-order valence-corrected chi connectivity index (χ1v) is 7.76. The van der Waals surface area contributed by atoms with Gasteiger partial charge >= 0.3 is 5.97 Å². The zero-order chi connectivity index (χ0) is 17.7. The number of nitrogens with zero attached hydrogens (tertiary/aromatic N) is 2. The molecule has 1 aromatic carbocycles. The summed E-state index contributed by atoms with van der Waals surface area (Å²) in [5.41, 5.74) is 2.45. The topological polar surface area (TPSA) is 105 Å². The third-order valence-corrected chi connectivity index (χ3v) is 3.87. The minimum absolute atomic E-state index is 0.191. The Morgan fingerprint density at radius 2 is 2.04 bits per heavy atom. The fourth-order valence-electron chi connectivity index (χ4n) is 2.43. The summed E-state index contributed by atoms with van der Waals surface area (Å²) in [7, 11) is 0. The van der Waals surface area contributed by atoms with Crippen molar-refractivity contribution in [2.24, 2.45) is 0 Å². The summed E-state index contributed by atoms with van der Waals surface area (Å²) in [6, 6.07) is 4.37. The van der Waals surface area contributed by atoms with E-state index in [0.717, 1.165) is 11.1 Å². The number of aliphatic carboxylic acids is 1. The van der Waals surface area contributed by atoms with Crippen LogP contribution in [-0.2, 0) is 16.0 Å². The van der Waals surface area contributed by atoms with E-state index in [-0.39, 0.29) is 12.3 Å². The van der Waals surface area contributed by atoms with E-state index in [0.29, 0.717) is 30.1 Å². The minimum Gasteiger partial charge on any atom is -0.479 e. The molecule has 0 saturated heterocycles. The van der Waals surface area contributed by atoms with Crippen LogP contribution >= 0.6 is 0 Å². The molecule has 2 rings (SSSR count). The zero-order valence-electron chi connectivity index (χ0n) is 14.0. The second-order valence-electron chi connectivity index (χ2n) is 5.72. The highest BCUT2D eigenvalue weighted by molar-refractivity contribution is 5.84. The van der Waals surface area contributed by atoms with Gasteiger partial charge < -0.3 is 14.9 Å². The summed E-state index contributed by atoms with van der Waals surface area (Å²) in [5, 5.41) is 15.7. The van der Waals surface area contributed by atoms with E-state index in [2.05, 4.69) is 15.5 Å². The number of carboxylic acids is 1. The lowest BCUT2D eigenvalue weighted by Gasteiger charge is -2.18. The van der Waals surface area contributed by atoms with Gasteiger partial charge in [-0.2, -0.15) is 4.98 Å². The average molecular weight is 331 g/mol. The molecule has 0 fully saturated rings. The SMILES string of the molecule is Cc1noc(CCCC(=O)NC(C(=O)O)c2cccc(C)c2C)n1. The molecule has 1 heterocycles. The predicted octanol–water partition coefficient (Wildman–Crippen LogP) is 2.26. The largest absolute Gasteiger partial charge is 0.479 e. The molecule has 0 aliphatic carbocycles. The normalized spacial score (nSPS) is 12.0. The van der Waals surface area contributed by atoms with E-state index in [1.54, 1.807) is 19.1 Å². The van der Waals surface area contributed by atoms with Crippen LogP contribution in [0.5, 0.6) is 0 Å². The van der Waals surface area contributed by atoms with Crippen LogP contribution in [0.2, 0.25) is 0 Å². The van der Waals surface area contributed by atoms with Crippen molar-refractivity contribution in [1.82, 2.24) is 15.5 Å². The summed E-state index contributed by atoms with van der Waals surface area (Å²) < 4.78 is 4.98. The molecule has 0 aliphatic rings. The smallest absolute Gasteiger partial charge is 0.330 e. The minimum atomic E-state index is -1.08. The molecular weight excluding hydrogens is 310 g/mol. The molecule has 24 heavy (non-hydrogen) atoms. The van der Waals surface area contributed by atoms with Gasteiger partial charge in [0.1, 0.15) is 0 Å². The van der Waals surface area contributed by atoms with Crippen LogP contribution in [-0.4, -0.2) is 27.1 Å². The number of carbonyl (C=O) groups excluding carboxylic acids is 1. The van der Waals surface area contributed by atoms with E-state index in [1.165, 1.54) is 0 Å². The number of aromatic nitrogens is 2. The number of aryl methyl sites for hydroxylation is 3. The molecule has 0 aliphatic heterocycles. The van der Waals surface area contributed by atoms with E-state index >= 15 is 0 Å². The molecule has 1 unspecified atom stereocenters. The van der Waals surface area contributed by atoms with Crippen molar-refractivity contribution < 1.29 is 19.2 Å². The fraction of sp³-hybridized carbons (Fsp3) is 0.412. The van der Waals surface area contributed by atoms with Gasteiger partial charge in [-0.3, -0.25) is 4.79 Å².